The van der Waals surface area contributed by atoms with Crippen molar-refractivity contribution >= 4 is 35.9 Å². The molecular formula is C14H20BrNO5Si. The molecule has 0 unspecified atom stereocenters. The number of nitrogens with zero attached hydrogens (tertiary/aromatic N) is 1. The molecule has 0 aliphatic heterocycles. The van der Waals surface area contributed by atoms with Crippen molar-refractivity contribution in [3.63, 3.8) is 0 Å². The molecule has 0 aliphatic carbocycles. The van der Waals surface area contributed by atoms with Crippen LogP contribution in [-0.4, -0.2) is 24.3 Å². The molecule has 8 heteroatoms. The minimum Gasteiger partial charge on any atom is -0.543 e. The number of rotatable bonds is 5. The van der Waals surface area contributed by atoms with Crippen LogP contribution in [0, 0.1) is 10.1 Å². The zero-order valence-corrected chi connectivity index (χ0v) is 15.9. The largest absolute Gasteiger partial charge is 0.543 e. The number of alkyl halides is 1. The summed E-state index contributed by atoms with van der Waals surface area (Å²) in [5.74, 6) is -0.937. The molecule has 1 aromatic rings. The van der Waals surface area contributed by atoms with Crippen molar-refractivity contribution in [2.24, 2.45) is 0 Å². The Kier molecular flexibility index (Phi) is 5.40. The number of hydrogen-bond donors (Lipinski definition) is 1. The second-order valence-corrected chi connectivity index (χ2v) is 11.8. The van der Waals surface area contributed by atoms with Crippen LogP contribution in [0.5, 0.6) is 5.75 Å². The van der Waals surface area contributed by atoms with Crippen molar-refractivity contribution in [1.29, 1.82) is 0 Å². The van der Waals surface area contributed by atoms with E-state index in [1.165, 1.54) is 12.1 Å². The standard InChI is InChI=1S/C14H20BrNO5Si/c1-14(2,3)22(4,5)21-11-7-6-10(16(19)20)12(13(17)18)9(11)8-15/h6-7H,8H2,1-5H3,(H,17,18). The van der Waals surface area contributed by atoms with E-state index in [4.69, 9.17) is 4.43 Å². The van der Waals surface area contributed by atoms with Crippen molar-refractivity contribution < 1.29 is 19.3 Å². The maximum atomic E-state index is 11.5. The van der Waals surface area contributed by atoms with Gasteiger partial charge in [0.15, 0.2) is 0 Å². The first kappa shape index (κ1) is 18.6. The fourth-order valence-corrected chi connectivity index (χ4v) is 3.27. The van der Waals surface area contributed by atoms with E-state index < -0.39 is 24.9 Å². The molecule has 0 heterocycles. The quantitative estimate of drug-likeness (QED) is 0.344. The highest BCUT2D eigenvalue weighted by molar-refractivity contribution is 9.08. The molecule has 0 atom stereocenters. The van der Waals surface area contributed by atoms with Crippen molar-refractivity contribution in [2.45, 2.75) is 44.2 Å². The monoisotopic (exact) mass is 389 g/mol. The van der Waals surface area contributed by atoms with E-state index in [0.717, 1.165) is 0 Å². The molecular weight excluding hydrogens is 370 g/mol. The Hall–Kier alpha value is -1.41. The number of nitro benzene ring substituents is 1. The van der Waals surface area contributed by atoms with Crippen LogP contribution in [0.15, 0.2) is 12.1 Å². The number of carboxylic acids is 1. The fourth-order valence-electron chi connectivity index (χ4n) is 1.66. The lowest BCUT2D eigenvalue weighted by Crippen LogP contribution is -2.44. The summed E-state index contributed by atoms with van der Waals surface area (Å²) < 4.78 is 6.14. The van der Waals surface area contributed by atoms with Crippen molar-refractivity contribution in [3.8, 4) is 5.75 Å². The van der Waals surface area contributed by atoms with E-state index in [0.29, 0.717) is 11.3 Å². The molecule has 0 saturated carbocycles. The van der Waals surface area contributed by atoms with E-state index in [2.05, 4.69) is 36.7 Å². The summed E-state index contributed by atoms with van der Waals surface area (Å²) in [5.41, 5.74) is -0.450. The molecule has 0 bridgehead atoms. The number of halogens is 1. The molecule has 1 N–H and O–H groups in total. The zero-order chi connectivity index (χ0) is 17.3. The second-order valence-electron chi connectivity index (χ2n) is 6.49. The average molecular weight is 390 g/mol. The first-order chi connectivity index (χ1) is 9.92. The van der Waals surface area contributed by atoms with Crippen LogP contribution >= 0.6 is 15.9 Å². The lowest BCUT2D eigenvalue weighted by Gasteiger charge is -2.37. The van der Waals surface area contributed by atoms with Crippen LogP contribution in [0.2, 0.25) is 18.1 Å². The fraction of sp³-hybridized carbons (Fsp3) is 0.500. The summed E-state index contributed by atoms with van der Waals surface area (Å²) >= 11 is 3.22. The van der Waals surface area contributed by atoms with E-state index in [1.54, 1.807) is 0 Å². The molecule has 0 aromatic heterocycles. The molecule has 6 nitrogen and oxygen atoms in total. The van der Waals surface area contributed by atoms with Gasteiger partial charge in [-0.25, -0.2) is 4.79 Å². The summed E-state index contributed by atoms with van der Waals surface area (Å²) in [6, 6.07) is 2.68. The van der Waals surface area contributed by atoms with Crippen LogP contribution in [0.4, 0.5) is 5.69 Å². The Labute approximate surface area is 138 Å². The van der Waals surface area contributed by atoms with Crippen LogP contribution in [0.25, 0.3) is 0 Å². The molecule has 0 radical (unpaired) electrons. The highest BCUT2D eigenvalue weighted by Gasteiger charge is 2.40. The minimum absolute atomic E-state index is 0.0677. The molecule has 22 heavy (non-hydrogen) atoms. The Bertz CT molecular complexity index is 610. The first-order valence-electron chi connectivity index (χ1n) is 6.71. The van der Waals surface area contributed by atoms with Gasteiger partial charge in [0.25, 0.3) is 5.69 Å². The van der Waals surface area contributed by atoms with Gasteiger partial charge in [-0.15, -0.1) is 0 Å². The van der Waals surface area contributed by atoms with Gasteiger partial charge in [-0.3, -0.25) is 10.1 Å². The molecule has 0 spiro atoms. The van der Waals surface area contributed by atoms with Gasteiger partial charge in [-0.05, 0) is 24.2 Å². The first-order valence-corrected chi connectivity index (χ1v) is 10.7. The van der Waals surface area contributed by atoms with Crippen molar-refractivity contribution in [3.05, 3.63) is 33.4 Å². The molecule has 0 aliphatic rings. The van der Waals surface area contributed by atoms with Gasteiger partial charge in [-0.2, -0.15) is 0 Å². The third-order valence-electron chi connectivity index (χ3n) is 3.96. The van der Waals surface area contributed by atoms with Gasteiger partial charge < -0.3 is 9.53 Å². The number of carbonyl (C=O) groups is 1. The van der Waals surface area contributed by atoms with Gasteiger partial charge >= 0.3 is 5.97 Å². The van der Waals surface area contributed by atoms with Gasteiger partial charge in [-0.1, -0.05) is 36.7 Å². The van der Waals surface area contributed by atoms with Gasteiger partial charge in [0.2, 0.25) is 8.32 Å². The Morgan fingerprint density at radius 2 is 1.95 bits per heavy atom. The Morgan fingerprint density at radius 1 is 1.41 bits per heavy atom. The number of benzene rings is 1. The van der Waals surface area contributed by atoms with Crippen LogP contribution < -0.4 is 4.43 Å². The van der Waals surface area contributed by atoms with E-state index in [1.807, 2.05) is 13.1 Å². The number of hydrogen-bond acceptors (Lipinski definition) is 4. The number of aromatic carboxylic acids is 1. The van der Waals surface area contributed by atoms with E-state index in [9.17, 15) is 20.0 Å². The highest BCUT2D eigenvalue weighted by atomic mass is 79.9. The summed E-state index contributed by atoms with van der Waals surface area (Å²) in [4.78, 5) is 21.8. The maximum Gasteiger partial charge on any atom is 0.343 e. The lowest BCUT2D eigenvalue weighted by atomic mass is 10.1. The maximum absolute atomic E-state index is 11.5. The predicted octanol–water partition coefficient (Wildman–Crippen LogP) is 4.57. The van der Waals surface area contributed by atoms with Crippen LogP contribution in [0.3, 0.4) is 0 Å². The van der Waals surface area contributed by atoms with Crippen molar-refractivity contribution in [1.82, 2.24) is 0 Å². The van der Waals surface area contributed by atoms with Gasteiger partial charge in [0.1, 0.15) is 11.3 Å². The SMILES string of the molecule is CC(C)(C)[Si](C)(C)Oc1ccc([N+](=O)[O-])c(C(=O)O)c1CBr. The van der Waals surface area contributed by atoms with Crippen LogP contribution in [-0.2, 0) is 5.33 Å². The predicted molar refractivity (Wildman–Crippen MR) is 90.5 cm³/mol. The summed E-state index contributed by atoms with van der Waals surface area (Å²) in [5, 5.41) is 20.5. The van der Waals surface area contributed by atoms with Crippen molar-refractivity contribution in [2.75, 3.05) is 0 Å². The normalized spacial score (nSPS) is 12.1. The second kappa shape index (κ2) is 6.37. The third-order valence-corrected chi connectivity index (χ3v) is 8.87. The zero-order valence-electron chi connectivity index (χ0n) is 13.3. The number of carboxylic acid groups (broad SMARTS) is 1. The molecule has 122 valence electrons. The Morgan fingerprint density at radius 3 is 2.32 bits per heavy atom. The van der Waals surface area contributed by atoms with E-state index >= 15 is 0 Å². The average Bonchev–Trinajstić information content (AvgIpc) is 2.35. The summed E-state index contributed by atoms with van der Waals surface area (Å²) in [6.07, 6.45) is 0. The van der Waals surface area contributed by atoms with Crippen LogP contribution in [0.1, 0.15) is 36.7 Å². The number of nitro groups is 1. The van der Waals surface area contributed by atoms with E-state index in [-0.39, 0.29) is 15.9 Å². The molecule has 0 fully saturated rings. The molecule has 1 rings (SSSR count). The topological polar surface area (TPSA) is 89.7 Å². The van der Waals surface area contributed by atoms with Gasteiger partial charge in [0, 0.05) is 17.0 Å². The summed E-state index contributed by atoms with van der Waals surface area (Å²) in [6.45, 7) is 10.3. The summed E-state index contributed by atoms with van der Waals surface area (Å²) in [7, 11) is -2.18. The molecule has 0 amide bonds. The highest BCUT2D eigenvalue weighted by Crippen LogP contribution is 2.40. The third kappa shape index (κ3) is 3.67. The van der Waals surface area contributed by atoms with Gasteiger partial charge in [0.05, 0.1) is 4.92 Å². The Balaban J connectivity index is 3.49. The minimum atomic E-state index is -2.18. The smallest absolute Gasteiger partial charge is 0.343 e. The molecule has 0 saturated heterocycles. The lowest BCUT2D eigenvalue weighted by molar-refractivity contribution is -0.385. The molecule has 1 aromatic carbocycles.